The number of aliphatic hydroxyl groups excluding tert-OH is 1. The van der Waals surface area contributed by atoms with Crippen LogP contribution in [0, 0.1) is 0 Å². The minimum absolute atomic E-state index is 0.136. The summed E-state index contributed by atoms with van der Waals surface area (Å²) in [6.07, 6.45) is 24.4. The number of aliphatic hydroxyl groups is 1. The number of nitrogens with one attached hydrogen (secondary N) is 1. The number of phosphoric ester groups is 1. The molecule has 3 atom stereocenters. The van der Waals surface area contributed by atoms with Crippen LogP contribution in [0.4, 0.5) is 0 Å². The van der Waals surface area contributed by atoms with Gasteiger partial charge in [-0.15, -0.1) is 0 Å². The van der Waals surface area contributed by atoms with Gasteiger partial charge in [0.25, 0.3) is 0 Å². The summed E-state index contributed by atoms with van der Waals surface area (Å²) in [6, 6.07) is -1.54. The van der Waals surface area contributed by atoms with Gasteiger partial charge in [-0.1, -0.05) is 95.9 Å². The molecule has 44 heavy (non-hydrogen) atoms. The second-order valence-electron chi connectivity index (χ2n) is 11.0. The summed E-state index contributed by atoms with van der Waals surface area (Å²) in [7, 11) is -4.73. The third-order valence-electron chi connectivity index (χ3n) is 6.74. The summed E-state index contributed by atoms with van der Waals surface area (Å²) in [5, 5.41) is 21.4. The number of carbonyl (C=O) groups is 3. The predicted octanol–water partition coefficient (Wildman–Crippen LogP) is 6.77. The van der Waals surface area contributed by atoms with Crippen molar-refractivity contribution in [1.82, 2.24) is 5.32 Å². The molecule has 0 fully saturated rings. The molecular formula is C32H58NO10P. The zero-order valence-corrected chi connectivity index (χ0v) is 27.9. The topological polar surface area (TPSA) is 169 Å². The molecule has 3 unspecified atom stereocenters. The Kier molecular flexibility index (Phi) is 27.1. The number of ether oxygens (including phenoxy) is 1. The van der Waals surface area contributed by atoms with Crippen molar-refractivity contribution in [2.45, 2.75) is 142 Å². The molecule has 0 aromatic rings. The Balaban J connectivity index is 3.93. The first-order valence-corrected chi connectivity index (χ1v) is 17.9. The molecule has 0 saturated carbocycles. The molecular weight excluding hydrogens is 589 g/mol. The quantitative estimate of drug-likeness (QED) is 0.0283. The molecule has 4 N–H and O–H groups in total. The van der Waals surface area contributed by atoms with Crippen molar-refractivity contribution in [3.05, 3.63) is 24.3 Å². The lowest BCUT2D eigenvalue weighted by molar-refractivity contribution is -0.147. The molecule has 0 aliphatic heterocycles. The van der Waals surface area contributed by atoms with Crippen LogP contribution in [0.3, 0.4) is 0 Å². The zero-order chi connectivity index (χ0) is 32.9. The first kappa shape index (κ1) is 42.0. The maximum absolute atomic E-state index is 12.1. The number of carbonyl (C=O) groups excluding carboxylic acids is 2. The second-order valence-corrected chi connectivity index (χ2v) is 12.5. The van der Waals surface area contributed by atoms with Crippen molar-refractivity contribution in [2.24, 2.45) is 0 Å². The lowest BCUT2D eigenvalue weighted by Crippen LogP contribution is -2.43. The molecule has 0 rings (SSSR count). The maximum Gasteiger partial charge on any atom is 0.472 e. The Hall–Kier alpha value is -2.04. The van der Waals surface area contributed by atoms with E-state index in [1.54, 1.807) is 0 Å². The summed E-state index contributed by atoms with van der Waals surface area (Å²) >= 11 is 0. The Bertz CT molecular complexity index is 864. The van der Waals surface area contributed by atoms with Crippen molar-refractivity contribution in [2.75, 3.05) is 19.8 Å². The van der Waals surface area contributed by atoms with Crippen molar-refractivity contribution in [3.63, 3.8) is 0 Å². The van der Waals surface area contributed by atoms with E-state index >= 15 is 0 Å². The van der Waals surface area contributed by atoms with E-state index in [9.17, 15) is 34.1 Å². The first-order chi connectivity index (χ1) is 21.1. The lowest BCUT2D eigenvalue weighted by atomic mass is 10.1. The van der Waals surface area contributed by atoms with Crippen LogP contribution in [0.2, 0.25) is 0 Å². The molecule has 0 radical (unpaired) electrons. The summed E-state index contributed by atoms with van der Waals surface area (Å²) in [4.78, 5) is 45.0. The van der Waals surface area contributed by atoms with Gasteiger partial charge in [0.2, 0.25) is 5.91 Å². The summed E-state index contributed by atoms with van der Waals surface area (Å²) in [5.74, 6) is -2.42. The number of hydrogen-bond donors (Lipinski definition) is 4. The van der Waals surface area contributed by atoms with Crippen LogP contribution in [0.15, 0.2) is 24.3 Å². The smallest absolute Gasteiger partial charge is 0.472 e. The number of amides is 1. The van der Waals surface area contributed by atoms with E-state index in [4.69, 9.17) is 4.74 Å². The number of phosphoric acid groups is 1. The minimum atomic E-state index is -4.73. The fourth-order valence-corrected chi connectivity index (χ4v) is 4.88. The molecule has 256 valence electrons. The highest BCUT2D eigenvalue weighted by molar-refractivity contribution is 7.47. The van der Waals surface area contributed by atoms with Crippen LogP contribution in [0.25, 0.3) is 0 Å². The Morgan fingerprint density at radius 3 is 1.86 bits per heavy atom. The van der Waals surface area contributed by atoms with E-state index in [1.165, 1.54) is 32.1 Å². The molecule has 0 aliphatic carbocycles. The molecule has 1 amide bonds. The number of allylic oxidation sites excluding steroid dienone is 4. The van der Waals surface area contributed by atoms with Crippen molar-refractivity contribution in [1.29, 1.82) is 0 Å². The van der Waals surface area contributed by atoms with Gasteiger partial charge in [-0.25, -0.2) is 9.36 Å². The van der Waals surface area contributed by atoms with Crippen molar-refractivity contribution >= 4 is 25.7 Å². The number of rotatable bonds is 30. The normalized spacial score (nSPS) is 14.5. The van der Waals surface area contributed by atoms with Gasteiger partial charge in [-0.3, -0.25) is 18.6 Å². The number of unbranched alkanes of at least 4 members (excludes halogenated alkanes) is 12. The van der Waals surface area contributed by atoms with E-state index in [-0.39, 0.29) is 12.8 Å². The van der Waals surface area contributed by atoms with Crippen molar-refractivity contribution in [3.8, 4) is 0 Å². The van der Waals surface area contributed by atoms with Gasteiger partial charge < -0.3 is 25.2 Å². The third kappa shape index (κ3) is 27.5. The molecule has 12 heteroatoms. The Morgan fingerprint density at radius 2 is 1.25 bits per heavy atom. The van der Waals surface area contributed by atoms with Crippen molar-refractivity contribution < 1.29 is 47.8 Å². The van der Waals surface area contributed by atoms with Gasteiger partial charge in [0, 0.05) is 12.8 Å². The SMILES string of the molecule is CCCCCC/C=C\C/C=C\CCCCCCCC(=O)OCC(O)COP(=O)(O)OCC(NC(=O)CCCCCC)C(=O)O. The average molecular weight is 648 g/mol. The molecule has 0 aromatic carbocycles. The lowest BCUT2D eigenvalue weighted by Gasteiger charge is -2.18. The highest BCUT2D eigenvalue weighted by atomic mass is 31.2. The van der Waals surface area contributed by atoms with Gasteiger partial charge in [0.1, 0.15) is 12.7 Å². The molecule has 11 nitrogen and oxygen atoms in total. The van der Waals surface area contributed by atoms with Crippen LogP contribution in [0.5, 0.6) is 0 Å². The van der Waals surface area contributed by atoms with Crippen LogP contribution in [-0.2, 0) is 32.7 Å². The van der Waals surface area contributed by atoms with Crippen LogP contribution in [0.1, 0.15) is 129 Å². The van der Waals surface area contributed by atoms with E-state index in [0.29, 0.717) is 12.8 Å². The fourth-order valence-electron chi connectivity index (χ4n) is 4.11. The monoisotopic (exact) mass is 647 g/mol. The number of carboxylic acids is 1. The number of carboxylic acid groups (broad SMARTS) is 1. The van der Waals surface area contributed by atoms with E-state index in [2.05, 4.69) is 45.6 Å². The molecule has 0 saturated heterocycles. The number of hydrogen-bond acceptors (Lipinski definition) is 8. The number of esters is 1. The maximum atomic E-state index is 12.1. The molecule has 0 aromatic heterocycles. The minimum Gasteiger partial charge on any atom is -0.480 e. The van der Waals surface area contributed by atoms with Crippen LogP contribution in [-0.4, -0.2) is 64.9 Å². The van der Waals surface area contributed by atoms with Crippen LogP contribution >= 0.6 is 7.82 Å². The van der Waals surface area contributed by atoms with Crippen LogP contribution < -0.4 is 5.32 Å². The predicted molar refractivity (Wildman–Crippen MR) is 171 cm³/mol. The summed E-state index contributed by atoms with van der Waals surface area (Å²) in [6.45, 7) is 2.35. The largest absolute Gasteiger partial charge is 0.480 e. The first-order valence-electron chi connectivity index (χ1n) is 16.4. The van der Waals surface area contributed by atoms with Gasteiger partial charge >= 0.3 is 19.8 Å². The number of aliphatic carboxylic acids is 1. The Labute approximate surface area is 264 Å². The molecule has 0 aliphatic rings. The van der Waals surface area contributed by atoms with E-state index < -0.39 is 57.6 Å². The molecule has 0 spiro atoms. The van der Waals surface area contributed by atoms with Gasteiger partial charge in [-0.05, 0) is 44.9 Å². The van der Waals surface area contributed by atoms with Gasteiger partial charge in [-0.2, -0.15) is 0 Å². The highest BCUT2D eigenvalue weighted by Gasteiger charge is 2.28. The fraction of sp³-hybridized carbons (Fsp3) is 0.781. The van der Waals surface area contributed by atoms with Gasteiger partial charge in [0.05, 0.1) is 13.2 Å². The molecule has 0 heterocycles. The van der Waals surface area contributed by atoms with E-state index in [0.717, 1.165) is 57.8 Å². The van der Waals surface area contributed by atoms with E-state index in [1.807, 2.05) is 6.92 Å². The summed E-state index contributed by atoms with van der Waals surface area (Å²) < 4.78 is 26.4. The highest BCUT2D eigenvalue weighted by Crippen LogP contribution is 2.43. The standard InChI is InChI=1S/C32H58NO10P/c1-3-5-7-9-10-11-12-13-14-15-16-17-18-19-20-22-24-31(36)41-25-28(34)26-42-44(39,40)43-27-29(32(37)38)33-30(35)23-21-8-6-4-2/h11-12,14-15,28-29,34H,3-10,13,16-27H2,1-2H3,(H,33,35)(H,37,38)(H,39,40)/b12-11-,15-14-. The summed E-state index contributed by atoms with van der Waals surface area (Å²) in [5.41, 5.74) is 0. The average Bonchev–Trinajstić information content (AvgIpc) is 2.99. The van der Waals surface area contributed by atoms with Gasteiger partial charge in [0.15, 0.2) is 6.04 Å². The second kappa shape index (κ2) is 28.4. The zero-order valence-electron chi connectivity index (χ0n) is 27.0. The molecule has 0 bridgehead atoms. The third-order valence-corrected chi connectivity index (χ3v) is 7.69. The Morgan fingerprint density at radius 1 is 0.727 bits per heavy atom.